The molecule has 7 nitrogen and oxygen atoms in total. The number of allylic oxidation sites excluding steroid dienone is 2. The summed E-state index contributed by atoms with van der Waals surface area (Å²) < 4.78 is 6.34. The molecule has 0 saturated heterocycles. The summed E-state index contributed by atoms with van der Waals surface area (Å²) in [5.41, 5.74) is 11.0. The van der Waals surface area contributed by atoms with Crippen LogP contribution in [-0.4, -0.2) is 34.9 Å². The number of nitrogens with two attached hydrogens (primary N) is 1. The second kappa shape index (κ2) is 11.0. The monoisotopic (exact) mass is 554 g/mol. The lowest BCUT2D eigenvalue weighted by molar-refractivity contribution is -0.123. The number of nitrogens with one attached hydrogen (secondary N) is 2. The molecule has 1 aliphatic heterocycles. The van der Waals surface area contributed by atoms with Gasteiger partial charge in [-0.3, -0.25) is 20.5 Å². The van der Waals surface area contributed by atoms with Gasteiger partial charge in [0.05, 0.1) is 17.1 Å². The molecule has 217 valence electrons. The predicted molar refractivity (Wildman–Crippen MR) is 168 cm³/mol. The highest BCUT2D eigenvalue weighted by Crippen LogP contribution is 2.48. The number of ketones is 1. The maximum atomic E-state index is 13.7. The van der Waals surface area contributed by atoms with Gasteiger partial charge in [-0.25, -0.2) is 0 Å². The maximum absolute atomic E-state index is 13.7. The fourth-order valence-electron chi connectivity index (χ4n) is 6.28. The van der Waals surface area contributed by atoms with E-state index in [0.29, 0.717) is 6.54 Å². The van der Waals surface area contributed by atoms with E-state index in [-0.39, 0.29) is 18.7 Å². The van der Waals surface area contributed by atoms with Gasteiger partial charge in [0.1, 0.15) is 11.4 Å². The van der Waals surface area contributed by atoms with Gasteiger partial charge in [0.25, 0.3) is 0 Å². The molecular formula is C34H44N5O2. The highest BCUT2D eigenvalue weighted by atomic mass is 16.5. The first-order valence-electron chi connectivity index (χ1n) is 14.3. The van der Waals surface area contributed by atoms with Crippen LogP contribution < -0.4 is 21.3 Å². The number of nitrogens with zero attached hydrogens (tertiary/aromatic N) is 2. The number of rotatable bonds is 9. The fourth-order valence-corrected chi connectivity index (χ4v) is 6.28. The zero-order chi connectivity index (χ0) is 29.5. The molecule has 3 aromatic rings. The van der Waals surface area contributed by atoms with Gasteiger partial charge in [0.15, 0.2) is 5.78 Å². The van der Waals surface area contributed by atoms with Gasteiger partial charge < -0.3 is 15.5 Å². The van der Waals surface area contributed by atoms with Crippen molar-refractivity contribution in [2.45, 2.75) is 66.2 Å². The minimum Gasteiger partial charge on any atom is -0.485 e. The van der Waals surface area contributed by atoms with Gasteiger partial charge in [-0.2, -0.15) is 0 Å². The van der Waals surface area contributed by atoms with E-state index >= 15 is 0 Å². The highest BCUT2D eigenvalue weighted by Gasteiger charge is 2.42. The molecule has 1 atom stereocenters. The summed E-state index contributed by atoms with van der Waals surface area (Å²) in [7, 11) is 1.88. The average molecular weight is 555 g/mol. The predicted octanol–water partition coefficient (Wildman–Crippen LogP) is 6.32. The van der Waals surface area contributed by atoms with Crippen molar-refractivity contribution in [1.82, 2.24) is 9.88 Å². The summed E-state index contributed by atoms with van der Waals surface area (Å²) in [4.78, 5) is 20.7. The topological polar surface area (TPSA) is 92.5 Å². The molecule has 0 amide bonds. The third-order valence-electron chi connectivity index (χ3n) is 8.45. The number of carbonyl (C=O) groups excluding carboxylic acids is 1. The largest absolute Gasteiger partial charge is 0.485 e. The van der Waals surface area contributed by atoms with E-state index in [2.05, 4.69) is 86.4 Å². The number of aromatic nitrogens is 1. The zero-order valence-electron chi connectivity index (χ0n) is 25.3. The van der Waals surface area contributed by atoms with Crippen LogP contribution in [0.5, 0.6) is 5.75 Å². The summed E-state index contributed by atoms with van der Waals surface area (Å²) in [6.07, 6.45) is 5.63. The van der Waals surface area contributed by atoms with Crippen molar-refractivity contribution >= 4 is 17.2 Å². The Balaban J connectivity index is 0.00000405. The Morgan fingerprint density at radius 1 is 1.22 bits per heavy atom. The van der Waals surface area contributed by atoms with Crippen LogP contribution in [0.2, 0.25) is 0 Å². The molecule has 7 heteroatoms. The molecule has 0 spiro atoms. The molecule has 1 radical (unpaired) electrons. The van der Waals surface area contributed by atoms with Gasteiger partial charge in [-0.15, -0.1) is 0 Å². The van der Waals surface area contributed by atoms with Gasteiger partial charge in [0, 0.05) is 57.6 Å². The lowest BCUT2D eigenvalue weighted by Crippen LogP contribution is -2.40. The minimum atomic E-state index is -0.690. The van der Waals surface area contributed by atoms with Crippen molar-refractivity contribution in [2.75, 3.05) is 24.3 Å². The molecule has 0 saturated carbocycles. The number of ether oxygens (including phenoxy) is 1. The molecule has 1 aromatic heterocycles. The molecule has 2 aromatic carbocycles. The molecule has 0 unspecified atom stereocenters. The number of carbonyl (C=O) groups is 1. The second-order valence-electron chi connectivity index (χ2n) is 12.5. The number of aryl methyl sites for hydroxylation is 1. The summed E-state index contributed by atoms with van der Waals surface area (Å²) >= 11 is 0. The van der Waals surface area contributed by atoms with Crippen LogP contribution in [0.15, 0.2) is 60.3 Å². The number of hydrogen-bond donors (Lipinski definition) is 3. The smallest absolute Gasteiger partial charge is 0.165 e. The number of fused-ring (bicyclic) bond motifs is 1. The third kappa shape index (κ3) is 5.74. The van der Waals surface area contributed by atoms with Gasteiger partial charge in [-0.1, -0.05) is 44.2 Å². The Morgan fingerprint density at radius 3 is 2.66 bits per heavy atom. The van der Waals surface area contributed by atoms with Crippen molar-refractivity contribution in [2.24, 2.45) is 11.3 Å². The summed E-state index contributed by atoms with van der Waals surface area (Å²) in [6.45, 7) is 14.8. The number of pyridine rings is 1. The first kappa shape index (κ1) is 28.8. The molecule has 5 rings (SSSR count). The maximum Gasteiger partial charge on any atom is 0.165 e. The van der Waals surface area contributed by atoms with Gasteiger partial charge >= 0.3 is 0 Å². The SMILES string of the molecule is CNc1ccc([C@H](c2ccc(C)c(CN3Cc4ncccc4OC(C)(C)C3)c2)C(C)(C)C(=O)C2=C[CH]2)c(C)c1NN.[HH]. The van der Waals surface area contributed by atoms with Crippen LogP contribution in [0.25, 0.3) is 0 Å². The van der Waals surface area contributed by atoms with Crippen molar-refractivity contribution < 1.29 is 11.0 Å². The molecule has 41 heavy (non-hydrogen) atoms. The van der Waals surface area contributed by atoms with Crippen molar-refractivity contribution in [3.05, 3.63) is 100 Å². The third-order valence-corrected chi connectivity index (χ3v) is 8.45. The van der Waals surface area contributed by atoms with E-state index in [9.17, 15) is 4.79 Å². The lowest BCUT2D eigenvalue weighted by Gasteiger charge is -2.36. The Bertz CT molecular complexity index is 1510. The number of nitrogen functional groups attached to an aromatic ring is 1. The first-order chi connectivity index (χ1) is 19.4. The number of anilines is 2. The molecule has 4 N–H and O–H groups in total. The molecule has 2 heterocycles. The van der Waals surface area contributed by atoms with Crippen molar-refractivity contribution in [3.8, 4) is 5.75 Å². The Labute approximate surface area is 245 Å². The van der Waals surface area contributed by atoms with Crippen molar-refractivity contribution in [1.29, 1.82) is 0 Å². The van der Waals surface area contributed by atoms with E-state index in [1.807, 2.05) is 43.9 Å². The zero-order valence-corrected chi connectivity index (χ0v) is 25.3. The van der Waals surface area contributed by atoms with E-state index < -0.39 is 5.41 Å². The molecule has 0 fully saturated rings. The minimum absolute atomic E-state index is 0. The van der Waals surface area contributed by atoms with E-state index in [1.54, 1.807) is 0 Å². The normalized spacial score (nSPS) is 17.0. The number of benzene rings is 2. The number of hydrogen-bond acceptors (Lipinski definition) is 7. The molecule has 2 aliphatic rings. The van der Waals surface area contributed by atoms with Gasteiger partial charge in [0.2, 0.25) is 0 Å². The van der Waals surface area contributed by atoms with Crippen LogP contribution in [0.1, 0.15) is 68.6 Å². The summed E-state index contributed by atoms with van der Waals surface area (Å²) in [6, 6.07) is 14.7. The number of hydrazine groups is 1. The van der Waals surface area contributed by atoms with Crippen LogP contribution >= 0.6 is 0 Å². The van der Waals surface area contributed by atoms with Crippen LogP contribution in [0.4, 0.5) is 11.4 Å². The van der Waals surface area contributed by atoms with Crippen molar-refractivity contribution in [3.63, 3.8) is 0 Å². The van der Waals surface area contributed by atoms with E-state index in [0.717, 1.165) is 58.2 Å². The van der Waals surface area contributed by atoms with E-state index in [4.69, 9.17) is 10.6 Å². The lowest BCUT2D eigenvalue weighted by atomic mass is 9.67. The second-order valence-corrected chi connectivity index (χ2v) is 12.5. The standard InChI is InChI=1S/C34H42N5O2.H2/c1-21-10-11-24(17-25(21)18-39-19-28-29(9-8-16-37-28)41-33(3,4)20-39)30(34(5,6)32(40)23-12-13-23)26-14-15-27(36-7)31(38-35)22(26)2;/h8-17,30,36,38H,18-20,35H2,1-7H3;1H/t30-;/m0./s1. The Kier molecular flexibility index (Phi) is 7.70. The molecule has 0 bridgehead atoms. The quantitative estimate of drug-likeness (QED) is 0.211. The first-order valence-corrected chi connectivity index (χ1v) is 14.3. The number of Topliss-reactive ketones (excluding diaryl/α,β-unsaturated/α-hetero) is 1. The Morgan fingerprint density at radius 2 is 1.98 bits per heavy atom. The highest BCUT2D eigenvalue weighted by molar-refractivity contribution is 6.07. The molecule has 1 aliphatic carbocycles. The van der Waals surface area contributed by atoms with E-state index in [1.165, 1.54) is 11.1 Å². The van der Waals surface area contributed by atoms with Gasteiger partial charge in [-0.05, 0) is 73.7 Å². The fraction of sp³-hybridized carbons (Fsp3) is 0.382. The Hall–Kier alpha value is -3.68. The summed E-state index contributed by atoms with van der Waals surface area (Å²) in [5.74, 6) is 6.80. The van der Waals surface area contributed by atoms with Crippen LogP contribution in [0, 0.1) is 25.7 Å². The van der Waals surface area contributed by atoms with Crippen LogP contribution in [0.3, 0.4) is 0 Å². The average Bonchev–Trinajstić information content (AvgIpc) is 3.77. The summed E-state index contributed by atoms with van der Waals surface area (Å²) in [5, 5.41) is 3.22. The molecular weight excluding hydrogens is 510 g/mol. The van der Waals surface area contributed by atoms with Crippen LogP contribution in [-0.2, 0) is 17.9 Å².